The van der Waals surface area contributed by atoms with Crippen molar-refractivity contribution in [2.45, 2.75) is 6.42 Å². The summed E-state index contributed by atoms with van der Waals surface area (Å²) in [5, 5.41) is 11.8. The van der Waals surface area contributed by atoms with E-state index in [1.54, 1.807) is 0 Å². The first-order valence-corrected chi connectivity index (χ1v) is 8.73. The lowest BCUT2D eigenvalue weighted by molar-refractivity contribution is -0.00000529. The normalized spacial score (nSPS) is 10.8. The van der Waals surface area contributed by atoms with E-state index in [-0.39, 0.29) is 41.1 Å². The largest absolute Gasteiger partial charge is 1.00 e. The molecule has 0 bridgehead atoms. The fourth-order valence-electron chi connectivity index (χ4n) is 3.03. The Labute approximate surface area is 155 Å². The molecule has 0 atom stereocenters. The van der Waals surface area contributed by atoms with Crippen LogP contribution in [0.3, 0.4) is 0 Å². The first kappa shape index (κ1) is 16.4. The van der Waals surface area contributed by atoms with Gasteiger partial charge in [0.2, 0.25) is 0 Å². The van der Waals surface area contributed by atoms with Crippen molar-refractivity contribution < 1.29 is 29.1 Å². The van der Waals surface area contributed by atoms with E-state index >= 15 is 0 Å². The molecule has 0 aliphatic rings. The van der Waals surface area contributed by atoms with Gasteiger partial charge >= 0.3 is 0 Å². The summed E-state index contributed by atoms with van der Waals surface area (Å²) in [5.41, 5.74) is 1.19. The third-order valence-electron chi connectivity index (χ3n) is 4.06. The van der Waals surface area contributed by atoms with E-state index in [1.807, 2.05) is 0 Å². The molecular formula is C20H17IOS. The maximum atomic E-state index is 9.06. The topological polar surface area (TPSA) is 20.2 Å². The molecule has 23 heavy (non-hydrogen) atoms. The van der Waals surface area contributed by atoms with Gasteiger partial charge in [-0.15, -0.1) is 0 Å². The molecule has 4 rings (SSSR count). The summed E-state index contributed by atoms with van der Waals surface area (Å²) in [6.45, 7) is 0.205. The fourth-order valence-corrected chi connectivity index (χ4v) is 5.41. The van der Waals surface area contributed by atoms with Crippen molar-refractivity contribution in [1.82, 2.24) is 0 Å². The Kier molecular flexibility index (Phi) is 4.99. The van der Waals surface area contributed by atoms with Gasteiger partial charge in [-0.2, -0.15) is 0 Å². The molecule has 0 unspecified atom stereocenters. The van der Waals surface area contributed by atoms with Gasteiger partial charge in [-0.3, -0.25) is 0 Å². The monoisotopic (exact) mass is 432 g/mol. The van der Waals surface area contributed by atoms with E-state index in [0.717, 1.165) is 6.42 Å². The average Bonchev–Trinajstić information content (AvgIpc) is 2.91. The number of halogens is 1. The molecule has 3 aromatic carbocycles. The zero-order valence-corrected chi connectivity index (χ0v) is 15.5. The van der Waals surface area contributed by atoms with Crippen molar-refractivity contribution in [3.05, 3.63) is 78.4 Å². The van der Waals surface area contributed by atoms with Gasteiger partial charge in [-0.25, -0.2) is 0 Å². The lowest BCUT2D eigenvalue weighted by Crippen LogP contribution is -3.00. The van der Waals surface area contributed by atoms with Gasteiger partial charge in [0, 0.05) is 27.8 Å². The van der Waals surface area contributed by atoms with E-state index in [9.17, 15) is 0 Å². The zero-order valence-electron chi connectivity index (χ0n) is 12.6. The van der Waals surface area contributed by atoms with E-state index < -0.39 is 0 Å². The Morgan fingerprint density at radius 2 is 1.22 bits per heavy atom. The first-order chi connectivity index (χ1) is 10.9. The second-order valence-corrected chi connectivity index (χ2v) is 7.38. The summed E-state index contributed by atoms with van der Waals surface area (Å²) >= 11 is 0. The Hall–Kier alpha value is -1.43. The quantitative estimate of drug-likeness (QED) is 0.389. The number of aliphatic hydroxyl groups excluding tert-OH is 1. The summed E-state index contributed by atoms with van der Waals surface area (Å²) in [4.78, 5) is 1.35. The molecule has 0 saturated heterocycles. The predicted molar refractivity (Wildman–Crippen MR) is 96.1 cm³/mol. The second-order valence-electron chi connectivity index (χ2n) is 5.42. The summed E-state index contributed by atoms with van der Waals surface area (Å²) in [5.74, 6) is 0. The smallest absolute Gasteiger partial charge is 0.187 e. The number of fused-ring (bicyclic) bond motifs is 3. The van der Waals surface area contributed by atoms with E-state index in [2.05, 4.69) is 72.8 Å². The Bertz CT molecular complexity index is 888. The molecule has 1 heterocycles. The number of hydrogen-bond donors (Lipinski definition) is 1. The van der Waals surface area contributed by atoms with Gasteiger partial charge < -0.3 is 29.1 Å². The highest BCUT2D eigenvalue weighted by molar-refractivity contribution is 7.50. The van der Waals surface area contributed by atoms with Crippen LogP contribution >= 0.6 is 10.5 Å². The van der Waals surface area contributed by atoms with Crippen LogP contribution in [0.25, 0.3) is 25.1 Å². The van der Waals surface area contributed by atoms with E-state index in [0.29, 0.717) is 0 Å². The first-order valence-electron chi connectivity index (χ1n) is 7.51. The molecule has 1 aromatic heterocycles. The fraction of sp³-hybridized carbons (Fsp3) is 0.100. The lowest BCUT2D eigenvalue weighted by Gasteiger charge is -1.98. The standard InChI is InChI=1S/C20H17OS.HI/c21-14-13-15-9-11-16(12-10-15)22-19-7-3-1-5-17(19)18-6-2-4-8-20(18)22;/h1-12,21H,13-14H2;1H/q+1;/p-1. The average molecular weight is 432 g/mol. The Morgan fingerprint density at radius 1 is 0.696 bits per heavy atom. The van der Waals surface area contributed by atoms with Crippen molar-refractivity contribution in [3.8, 4) is 4.90 Å². The van der Waals surface area contributed by atoms with Gasteiger partial charge in [-0.05, 0) is 48.4 Å². The van der Waals surface area contributed by atoms with Crippen LogP contribution in [0.4, 0.5) is 0 Å². The van der Waals surface area contributed by atoms with Crippen molar-refractivity contribution >= 4 is 30.6 Å². The molecule has 0 aliphatic heterocycles. The molecule has 0 fully saturated rings. The number of rotatable bonds is 3. The van der Waals surface area contributed by atoms with Crippen molar-refractivity contribution in [2.24, 2.45) is 0 Å². The highest BCUT2D eigenvalue weighted by Crippen LogP contribution is 2.47. The van der Waals surface area contributed by atoms with Crippen LogP contribution in [0, 0.1) is 0 Å². The predicted octanol–water partition coefficient (Wildman–Crippen LogP) is 2.27. The summed E-state index contributed by atoms with van der Waals surface area (Å²) in [6, 6.07) is 26.2. The SMILES string of the molecule is OCCc1ccc(-[s+]2c3ccccc3c3ccccc32)cc1.[I-]. The third kappa shape index (κ3) is 2.89. The number of aliphatic hydroxyl groups is 1. The molecule has 1 nitrogen and oxygen atoms in total. The van der Waals surface area contributed by atoms with E-state index in [1.165, 1.54) is 30.6 Å². The molecular weight excluding hydrogens is 415 g/mol. The number of benzene rings is 3. The Balaban J connectivity index is 0.00000156. The molecule has 0 radical (unpaired) electrons. The van der Waals surface area contributed by atoms with Crippen LogP contribution in [0.5, 0.6) is 0 Å². The van der Waals surface area contributed by atoms with Crippen molar-refractivity contribution in [2.75, 3.05) is 6.61 Å². The summed E-state index contributed by atoms with van der Waals surface area (Å²) in [7, 11) is -0.0153. The molecule has 3 heteroatoms. The summed E-state index contributed by atoms with van der Waals surface area (Å²) in [6.07, 6.45) is 0.723. The van der Waals surface area contributed by atoms with Gasteiger partial charge in [0.05, 0.1) is 0 Å². The van der Waals surface area contributed by atoms with Crippen LogP contribution in [0.15, 0.2) is 72.8 Å². The maximum Gasteiger partial charge on any atom is 0.187 e. The van der Waals surface area contributed by atoms with Crippen LogP contribution in [0.2, 0.25) is 0 Å². The minimum Gasteiger partial charge on any atom is -1.00 e. The molecule has 0 saturated carbocycles. The van der Waals surface area contributed by atoms with Crippen LogP contribution in [-0.4, -0.2) is 11.7 Å². The van der Waals surface area contributed by atoms with E-state index in [4.69, 9.17) is 5.11 Å². The molecule has 4 aromatic rings. The Morgan fingerprint density at radius 3 is 1.74 bits per heavy atom. The third-order valence-corrected chi connectivity index (χ3v) is 6.40. The lowest BCUT2D eigenvalue weighted by atomic mass is 10.2. The minimum absolute atomic E-state index is 0. The van der Waals surface area contributed by atoms with Crippen molar-refractivity contribution in [1.29, 1.82) is 0 Å². The highest BCUT2D eigenvalue weighted by Gasteiger charge is 2.22. The number of thiophene rings is 1. The number of hydrogen-bond acceptors (Lipinski definition) is 1. The zero-order chi connectivity index (χ0) is 14.9. The molecule has 1 N–H and O–H groups in total. The molecule has 0 spiro atoms. The van der Waals surface area contributed by atoms with Gasteiger partial charge in [0.15, 0.2) is 14.3 Å². The molecule has 0 aliphatic carbocycles. The van der Waals surface area contributed by atoms with Crippen molar-refractivity contribution in [3.63, 3.8) is 0 Å². The van der Waals surface area contributed by atoms with Gasteiger partial charge in [0.1, 0.15) is 0 Å². The summed E-state index contributed by atoms with van der Waals surface area (Å²) < 4.78 is 2.83. The second kappa shape index (κ2) is 6.99. The molecule has 116 valence electrons. The van der Waals surface area contributed by atoms with Crippen LogP contribution in [0.1, 0.15) is 5.56 Å². The van der Waals surface area contributed by atoms with Gasteiger partial charge in [-0.1, -0.05) is 36.4 Å². The van der Waals surface area contributed by atoms with Gasteiger partial charge in [0.25, 0.3) is 0 Å². The minimum atomic E-state index is -0.0153. The highest BCUT2D eigenvalue weighted by atomic mass is 127. The van der Waals surface area contributed by atoms with Crippen LogP contribution < -0.4 is 24.0 Å². The maximum absolute atomic E-state index is 9.06. The molecule has 0 amide bonds. The van der Waals surface area contributed by atoms with Crippen LogP contribution in [-0.2, 0) is 6.42 Å².